The van der Waals surface area contributed by atoms with Gasteiger partial charge in [-0.05, 0) is 47.2 Å². The molecule has 0 aromatic heterocycles. The summed E-state index contributed by atoms with van der Waals surface area (Å²) in [5, 5.41) is 13.0. The lowest BCUT2D eigenvalue weighted by molar-refractivity contribution is 0.337. The summed E-state index contributed by atoms with van der Waals surface area (Å²) < 4.78 is 0. The highest BCUT2D eigenvalue weighted by molar-refractivity contribution is 5.51. The van der Waals surface area contributed by atoms with E-state index in [0.717, 1.165) is 12.1 Å². The van der Waals surface area contributed by atoms with Gasteiger partial charge in [-0.3, -0.25) is 0 Å². The molecule has 0 radical (unpaired) electrons. The van der Waals surface area contributed by atoms with Crippen LogP contribution in [0.4, 0.5) is 5.69 Å². The highest BCUT2D eigenvalue weighted by Gasteiger charge is 2.38. The summed E-state index contributed by atoms with van der Waals surface area (Å²) in [6.07, 6.45) is 1.10. The smallest absolute Gasteiger partial charge is 0.115 e. The Morgan fingerprint density at radius 1 is 1.05 bits per heavy atom. The molecule has 2 aromatic carbocycles. The zero-order valence-corrected chi connectivity index (χ0v) is 11.4. The fourth-order valence-corrected chi connectivity index (χ4v) is 2.99. The summed E-state index contributed by atoms with van der Waals surface area (Å²) in [7, 11) is 0. The van der Waals surface area contributed by atoms with E-state index in [1.54, 1.807) is 12.1 Å². The summed E-state index contributed by atoms with van der Waals surface area (Å²) in [4.78, 5) is 0. The third kappa shape index (κ3) is 2.19. The van der Waals surface area contributed by atoms with E-state index in [1.807, 2.05) is 12.1 Å². The van der Waals surface area contributed by atoms with Crippen LogP contribution < -0.4 is 5.32 Å². The Bertz CT molecular complexity index is 586. The second-order valence-electron chi connectivity index (χ2n) is 5.99. The van der Waals surface area contributed by atoms with Crippen molar-refractivity contribution >= 4 is 5.69 Å². The molecular formula is C17H19NO. The average molecular weight is 253 g/mol. The number of phenolic OH excluding ortho intramolecular Hbond substituents is 1. The molecule has 2 N–H and O–H groups in total. The van der Waals surface area contributed by atoms with Crippen LogP contribution in [0.25, 0.3) is 0 Å². The first-order chi connectivity index (χ1) is 9.06. The van der Waals surface area contributed by atoms with Crippen LogP contribution in [0.15, 0.2) is 48.5 Å². The summed E-state index contributed by atoms with van der Waals surface area (Å²) in [6, 6.07) is 16.2. The Labute approximate surface area is 114 Å². The summed E-state index contributed by atoms with van der Waals surface area (Å²) in [5.41, 5.74) is 4.07. The Morgan fingerprint density at radius 3 is 2.47 bits per heavy atom. The highest BCUT2D eigenvalue weighted by atomic mass is 16.3. The largest absolute Gasteiger partial charge is 0.508 e. The minimum Gasteiger partial charge on any atom is -0.508 e. The van der Waals surface area contributed by atoms with E-state index in [9.17, 15) is 5.11 Å². The fourth-order valence-electron chi connectivity index (χ4n) is 2.99. The van der Waals surface area contributed by atoms with Crippen molar-refractivity contribution in [2.75, 3.05) is 5.32 Å². The number of phenols is 1. The molecule has 1 atom stereocenters. The molecule has 1 aliphatic carbocycles. The normalized spacial score (nSPS) is 20.0. The van der Waals surface area contributed by atoms with Crippen LogP contribution in [0.3, 0.4) is 0 Å². The lowest BCUT2D eigenvalue weighted by Gasteiger charge is -2.29. The van der Waals surface area contributed by atoms with Crippen LogP contribution in [0.2, 0.25) is 0 Å². The Hall–Kier alpha value is -1.96. The van der Waals surface area contributed by atoms with E-state index in [1.165, 1.54) is 11.1 Å². The average Bonchev–Trinajstić information content (AvgIpc) is 2.63. The topological polar surface area (TPSA) is 32.3 Å². The second-order valence-corrected chi connectivity index (χ2v) is 5.99. The van der Waals surface area contributed by atoms with Crippen LogP contribution >= 0.6 is 0 Å². The molecule has 0 bridgehead atoms. The molecule has 0 heterocycles. The molecule has 19 heavy (non-hydrogen) atoms. The molecular weight excluding hydrogens is 234 g/mol. The molecule has 3 rings (SSSR count). The molecule has 0 aliphatic heterocycles. The van der Waals surface area contributed by atoms with Gasteiger partial charge >= 0.3 is 0 Å². The molecule has 0 amide bonds. The van der Waals surface area contributed by atoms with Crippen molar-refractivity contribution in [3.05, 3.63) is 59.7 Å². The van der Waals surface area contributed by atoms with Crippen LogP contribution in [-0.4, -0.2) is 5.11 Å². The van der Waals surface area contributed by atoms with Gasteiger partial charge in [0.15, 0.2) is 0 Å². The number of nitrogens with one attached hydrogen (secondary N) is 1. The van der Waals surface area contributed by atoms with E-state index in [-0.39, 0.29) is 5.41 Å². The molecule has 0 saturated heterocycles. The van der Waals surface area contributed by atoms with Gasteiger partial charge < -0.3 is 10.4 Å². The van der Waals surface area contributed by atoms with Gasteiger partial charge in [0, 0.05) is 5.69 Å². The second kappa shape index (κ2) is 4.30. The van der Waals surface area contributed by atoms with E-state index in [2.05, 4.69) is 43.4 Å². The van der Waals surface area contributed by atoms with Crippen molar-refractivity contribution in [1.82, 2.24) is 0 Å². The Morgan fingerprint density at radius 2 is 1.74 bits per heavy atom. The number of anilines is 1. The van der Waals surface area contributed by atoms with Crippen LogP contribution in [0, 0.1) is 5.41 Å². The first kappa shape index (κ1) is 12.1. The van der Waals surface area contributed by atoms with Gasteiger partial charge in [0.25, 0.3) is 0 Å². The van der Waals surface area contributed by atoms with Gasteiger partial charge in [-0.25, -0.2) is 0 Å². The third-order valence-corrected chi connectivity index (χ3v) is 3.97. The molecule has 1 unspecified atom stereocenters. The highest BCUT2D eigenvalue weighted by Crippen LogP contribution is 2.46. The predicted molar refractivity (Wildman–Crippen MR) is 78.4 cm³/mol. The van der Waals surface area contributed by atoms with E-state index in [4.69, 9.17) is 0 Å². The maximum absolute atomic E-state index is 9.35. The lowest BCUT2D eigenvalue weighted by atomic mass is 9.85. The van der Waals surface area contributed by atoms with Gasteiger partial charge in [-0.2, -0.15) is 0 Å². The van der Waals surface area contributed by atoms with Crippen molar-refractivity contribution in [3.8, 4) is 5.75 Å². The first-order valence-corrected chi connectivity index (χ1v) is 6.70. The fraction of sp³-hybridized carbons (Fsp3) is 0.294. The molecule has 2 heteroatoms. The summed E-state index contributed by atoms with van der Waals surface area (Å²) in [5.74, 6) is 0.302. The number of aromatic hydroxyl groups is 1. The maximum atomic E-state index is 9.35. The predicted octanol–water partition coefficient (Wildman–Crippen LogP) is 4.13. The zero-order valence-electron chi connectivity index (χ0n) is 11.4. The number of rotatable bonds is 2. The van der Waals surface area contributed by atoms with Crippen molar-refractivity contribution in [1.29, 1.82) is 0 Å². The Balaban J connectivity index is 1.93. The maximum Gasteiger partial charge on any atom is 0.115 e. The number of benzene rings is 2. The molecule has 0 spiro atoms. The summed E-state index contributed by atoms with van der Waals surface area (Å²) >= 11 is 0. The minimum absolute atomic E-state index is 0.196. The monoisotopic (exact) mass is 253 g/mol. The Kier molecular flexibility index (Phi) is 2.74. The molecule has 1 aliphatic rings. The van der Waals surface area contributed by atoms with Gasteiger partial charge in [-0.1, -0.05) is 38.1 Å². The lowest BCUT2D eigenvalue weighted by Crippen LogP contribution is -2.24. The zero-order chi connectivity index (χ0) is 13.5. The van der Waals surface area contributed by atoms with Crippen LogP contribution in [0.5, 0.6) is 5.75 Å². The molecule has 98 valence electrons. The van der Waals surface area contributed by atoms with Crippen LogP contribution in [-0.2, 0) is 6.42 Å². The molecule has 2 nitrogen and oxygen atoms in total. The van der Waals surface area contributed by atoms with Crippen molar-refractivity contribution in [2.45, 2.75) is 26.3 Å². The molecule has 2 aromatic rings. The van der Waals surface area contributed by atoms with Gasteiger partial charge in [0.1, 0.15) is 5.75 Å². The first-order valence-electron chi connectivity index (χ1n) is 6.70. The van der Waals surface area contributed by atoms with Gasteiger partial charge in [-0.15, -0.1) is 0 Å². The standard InChI is InChI=1S/C17H19NO/c1-17(2)11-12-5-3-4-6-15(12)16(17)18-13-7-9-14(19)10-8-13/h3-10,16,18-19H,11H2,1-2H3. The van der Waals surface area contributed by atoms with E-state index < -0.39 is 0 Å². The quantitative estimate of drug-likeness (QED) is 0.789. The van der Waals surface area contributed by atoms with Crippen LogP contribution in [0.1, 0.15) is 31.0 Å². The van der Waals surface area contributed by atoms with E-state index >= 15 is 0 Å². The van der Waals surface area contributed by atoms with Gasteiger partial charge in [0.05, 0.1) is 6.04 Å². The van der Waals surface area contributed by atoms with Crippen molar-refractivity contribution in [3.63, 3.8) is 0 Å². The number of hydrogen-bond acceptors (Lipinski definition) is 2. The SMILES string of the molecule is CC1(C)Cc2ccccc2C1Nc1ccc(O)cc1. The number of fused-ring (bicyclic) bond motifs is 1. The molecule has 0 fully saturated rings. The summed E-state index contributed by atoms with van der Waals surface area (Å²) in [6.45, 7) is 4.59. The number of hydrogen-bond donors (Lipinski definition) is 2. The van der Waals surface area contributed by atoms with Crippen molar-refractivity contribution < 1.29 is 5.11 Å². The van der Waals surface area contributed by atoms with Gasteiger partial charge in [0.2, 0.25) is 0 Å². The minimum atomic E-state index is 0.196. The van der Waals surface area contributed by atoms with Crippen molar-refractivity contribution in [2.24, 2.45) is 5.41 Å². The van der Waals surface area contributed by atoms with E-state index in [0.29, 0.717) is 11.8 Å². The third-order valence-electron chi connectivity index (χ3n) is 3.97. The molecule has 0 saturated carbocycles.